The van der Waals surface area contributed by atoms with E-state index in [1.54, 1.807) is 4.90 Å². The Kier molecular flexibility index (Phi) is 10.3. The number of carbonyl (C=O) groups excluding carboxylic acids is 2. The zero-order valence-electron chi connectivity index (χ0n) is 15.0. The standard InChI is InChI=1S/C16H30N4O4.ClH/c1-2-24-12-10-20-4-3-17-14(16(20)23)13-15(22)19-7-5-18(6-8-19)9-11-21;/h14,17,21H,2-13H2,1H3;1H. The summed E-state index contributed by atoms with van der Waals surface area (Å²) in [5, 5.41) is 12.1. The summed E-state index contributed by atoms with van der Waals surface area (Å²) in [6, 6.07) is -0.427. The molecule has 146 valence electrons. The zero-order chi connectivity index (χ0) is 17.4. The molecule has 2 aliphatic rings. The predicted molar refractivity (Wildman–Crippen MR) is 96.8 cm³/mol. The molecular formula is C16H31ClN4O4. The lowest BCUT2D eigenvalue weighted by Gasteiger charge is -2.36. The van der Waals surface area contributed by atoms with Crippen LogP contribution in [0.1, 0.15) is 13.3 Å². The van der Waals surface area contributed by atoms with E-state index in [-0.39, 0.29) is 37.2 Å². The highest BCUT2D eigenvalue weighted by molar-refractivity contribution is 5.89. The van der Waals surface area contributed by atoms with Crippen molar-refractivity contribution in [2.24, 2.45) is 0 Å². The third-order valence-corrected chi connectivity index (χ3v) is 4.61. The molecule has 2 rings (SSSR count). The van der Waals surface area contributed by atoms with Crippen LogP contribution in [0.25, 0.3) is 0 Å². The van der Waals surface area contributed by atoms with E-state index in [1.807, 2.05) is 11.8 Å². The largest absolute Gasteiger partial charge is 0.395 e. The lowest BCUT2D eigenvalue weighted by atomic mass is 10.1. The second-order valence-electron chi connectivity index (χ2n) is 6.18. The van der Waals surface area contributed by atoms with Gasteiger partial charge in [-0.1, -0.05) is 0 Å². The fourth-order valence-electron chi connectivity index (χ4n) is 3.16. The van der Waals surface area contributed by atoms with Gasteiger partial charge in [0.1, 0.15) is 0 Å². The Morgan fingerprint density at radius 2 is 1.96 bits per heavy atom. The highest BCUT2D eigenvalue weighted by atomic mass is 35.5. The van der Waals surface area contributed by atoms with Crippen molar-refractivity contribution in [2.45, 2.75) is 19.4 Å². The van der Waals surface area contributed by atoms with Crippen LogP contribution < -0.4 is 5.32 Å². The molecule has 0 spiro atoms. The summed E-state index contributed by atoms with van der Waals surface area (Å²) in [6.07, 6.45) is 0.212. The second kappa shape index (κ2) is 11.6. The first-order valence-corrected chi connectivity index (χ1v) is 8.86. The number of hydrogen-bond donors (Lipinski definition) is 2. The van der Waals surface area contributed by atoms with Crippen molar-refractivity contribution in [1.82, 2.24) is 20.0 Å². The fraction of sp³-hybridized carbons (Fsp3) is 0.875. The zero-order valence-corrected chi connectivity index (χ0v) is 15.8. The molecule has 2 amide bonds. The van der Waals surface area contributed by atoms with E-state index >= 15 is 0 Å². The molecule has 0 aromatic carbocycles. The van der Waals surface area contributed by atoms with Gasteiger partial charge in [0.05, 0.1) is 25.7 Å². The first kappa shape index (κ1) is 22.1. The third kappa shape index (κ3) is 6.71. The third-order valence-electron chi connectivity index (χ3n) is 4.61. The van der Waals surface area contributed by atoms with Gasteiger partial charge in [-0.2, -0.15) is 0 Å². The number of hydrogen-bond acceptors (Lipinski definition) is 6. The number of aliphatic hydroxyl groups excluding tert-OH is 1. The number of amides is 2. The number of nitrogens with zero attached hydrogens (tertiary/aromatic N) is 3. The van der Waals surface area contributed by atoms with Crippen LogP contribution in [0.2, 0.25) is 0 Å². The molecule has 0 aliphatic carbocycles. The first-order chi connectivity index (χ1) is 11.7. The minimum absolute atomic E-state index is 0. The van der Waals surface area contributed by atoms with Gasteiger partial charge in [0.2, 0.25) is 11.8 Å². The van der Waals surface area contributed by atoms with Crippen LogP contribution in [0.5, 0.6) is 0 Å². The van der Waals surface area contributed by atoms with Crippen LogP contribution >= 0.6 is 12.4 Å². The van der Waals surface area contributed by atoms with E-state index in [2.05, 4.69) is 10.2 Å². The lowest BCUT2D eigenvalue weighted by molar-refractivity contribution is -0.142. The van der Waals surface area contributed by atoms with Crippen LogP contribution in [0.4, 0.5) is 0 Å². The van der Waals surface area contributed by atoms with E-state index in [1.165, 1.54) is 0 Å². The van der Waals surface area contributed by atoms with Crippen molar-refractivity contribution in [3.05, 3.63) is 0 Å². The highest BCUT2D eigenvalue weighted by Gasteiger charge is 2.31. The van der Waals surface area contributed by atoms with Crippen LogP contribution in [-0.4, -0.2) is 110 Å². The molecule has 1 unspecified atom stereocenters. The smallest absolute Gasteiger partial charge is 0.240 e. The Morgan fingerprint density at radius 3 is 2.60 bits per heavy atom. The molecule has 2 saturated heterocycles. The molecule has 25 heavy (non-hydrogen) atoms. The number of piperazine rings is 2. The second-order valence-corrected chi connectivity index (χ2v) is 6.18. The Hall–Kier alpha value is -0.930. The Balaban J connectivity index is 0.00000312. The lowest BCUT2D eigenvalue weighted by Crippen LogP contribution is -2.57. The van der Waals surface area contributed by atoms with Gasteiger partial charge in [-0.05, 0) is 6.92 Å². The van der Waals surface area contributed by atoms with Gasteiger partial charge in [-0.3, -0.25) is 14.5 Å². The molecule has 2 fully saturated rings. The average Bonchev–Trinajstić information content (AvgIpc) is 2.59. The molecule has 0 aromatic rings. The maximum absolute atomic E-state index is 12.5. The van der Waals surface area contributed by atoms with Gasteiger partial charge in [-0.15, -0.1) is 12.4 Å². The number of rotatable bonds is 8. The van der Waals surface area contributed by atoms with Gasteiger partial charge < -0.3 is 25.0 Å². The van der Waals surface area contributed by atoms with Gasteiger partial charge in [0.15, 0.2) is 0 Å². The van der Waals surface area contributed by atoms with Crippen LogP contribution in [0, 0.1) is 0 Å². The van der Waals surface area contributed by atoms with E-state index in [0.717, 1.165) is 13.1 Å². The SMILES string of the molecule is CCOCCN1CCNC(CC(=O)N2CCN(CCO)CC2)C1=O.Cl. The van der Waals surface area contributed by atoms with Crippen LogP contribution in [0.15, 0.2) is 0 Å². The minimum atomic E-state index is -0.427. The van der Waals surface area contributed by atoms with E-state index in [4.69, 9.17) is 9.84 Å². The summed E-state index contributed by atoms with van der Waals surface area (Å²) in [4.78, 5) is 30.7. The summed E-state index contributed by atoms with van der Waals surface area (Å²) in [5.74, 6) is 0.0179. The van der Waals surface area contributed by atoms with Crippen molar-refractivity contribution in [3.63, 3.8) is 0 Å². The molecule has 1 atom stereocenters. The number of nitrogens with one attached hydrogen (secondary N) is 1. The first-order valence-electron chi connectivity index (χ1n) is 8.86. The Bertz CT molecular complexity index is 419. The molecular weight excluding hydrogens is 348 g/mol. The Labute approximate surface area is 155 Å². The van der Waals surface area contributed by atoms with Crippen molar-refractivity contribution in [1.29, 1.82) is 0 Å². The minimum Gasteiger partial charge on any atom is -0.395 e. The van der Waals surface area contributed by atoms with Crippen LogP contribution in [0.3, 0.4) is 0 Å². The van der Waals surface area contributed by atoms with Crippen molar-refractivity contribution >= 4 is 24.2 Å². The van der Waals surface area contributed by atoms with Crippen molar-refractivity contribution < 1.29 is 19.4 Å². The molecule has 8 nitrogen and oxygen atoms in total. The molecule has 0 aromatic heterocycles. The summed E-state index contributed by atoms with van der Waals surface area (Å²) in [6.45, 7) is 8.74. The van der Waals surface area contributed by atoms with E-state index in [9.17, 15) is 9.59 Å². The fourth-order valence-corrected chi connectivity index (χ4v) is 3.16. The van der Waals surface area contributed by atoms with Gasteiger partial charge in [0, 0.05) is 59.0 Å². The number of ether oxygens (including phenoxy) is 1. The van der Waals surface area contributed by atoms with Gasteiger partial charge in [-0.25, -0.2) is 0 Å². The predicted octanol–water partition coefficient (Wildman–Crippen LogP) is -1.23. The summed E-state index contributed by atoms with van der Waals surface area (Å²) in [5.41, 5.74) is 0. The maximum Gasteiger partial charge on any atom is 0.240 e. The molecule has 2 aliphatic heterocycles. The summed E-state index contributed by atoms with van der Waals surface area (Å²) < 4.78 is 5.31. The maximum atomic E-state index is 12.5. The number of aliphatic hydroxyl groups is 1. The topological polar surface area (TPSA) is 85.3 Å². The summed E-state index contributed by atoms with van der Waals surface area (Å²) in [7, 11) is 0. The normalized spacial score (nSPS) is 22.0. The number of β-amino-alcohol motifs (C(OH)–C–C–N with tert-alkyl or cyclic N) is 1. The molecule has 2 heterocycles. The number of halogens is 1. The average molecular weight is 379 g/mol. The summed E-state index contributed by atoms with van der Waals surface area (Å²) >= 11 is 0. The number of carbonyl (C=O) groups is 2. The van der Waals surface area contributed by atoms with Gasteiger partial charge in [0.25, 0.3) is 0 Å². The van der Waals surface area contributed by atoms with E-state index in [0.29, 0.717) is 52.5 Å². The van der Waals surface area contributed by atoms with Crippen molar-refractivity contribution in [3.8, 4) is 0 Å². The monoisotopic (exact) mass is 378 g/mol. The molecule has 0 saturated carbocycles. The highest BCUT2D eigenvalue weighted by Crippen LogP contribution is 2.09. The van der Waals surface area contributed by atoms with Gasteiger partial charge >= 0.3 is 0 Å². The van der Waals surface area contributed by atoms with Crippen LogP contribution in [-0.2, 0) is 14.3 Å². The quantitative estimate of drug-likeness (QED) is 0.515. The molecule has 2 N–H and O–H groups in total. The molecule has 0 bridgehead atoms. The Morgan fingerprint density at radius 1 is 1.24 bits per heavy atom. The van der Waals surface area contributed by atoms with E-state index < -0.39 is 6.04 Å². The molecule has 9 heteroatoms. The molecule has 0 radical (unpaired) electrons. The van der Waals surface area contributed by atoms with Crippen molar-refractivity contribution in [2.75, 3.05) is 72.2 Å².